The molecule has 1 unspecified atom stereocenters. The molecule has 0 aliphatic carbocycles. The number of likely N-dealkylation sites (tertiary alicyclic amines) is 1. The monoisotopic (exact) mass is 222 g/mol. The van der Waals surface area contributed by atoms with Crippen LogP contribution in [0.3, 0.4) is 0 Å². The van der Waals surface area contributed by atoms with Crippen LogP contribution in [0.4, 0.5) is 0 Å². The number of nitrogens with zero attached hydrogens (tertiary/aromatic N) is 2. The smallest absolute Gasteiger partial charge is 0.211 e. The van der Waals surface area contributed by atoms with Crippen molar-refractivity contribution < 1.29 is 9.21 Å². The summed E-state index contributed by atoms with van der Waals surface area (Å²) in [6.45, 7) is 5.48. The number of oxazole rings is 1. The van der Waals surface area contributed by atoms with Crippen molar-refractivity contribution in [1.29, 1.82) is 0 Å². The molecule has 2 heterocycles. The van der Waals surface area contributed by atoms with E-state index < -0.39 is 0 Å². The molecule has 2 rings (SSSR count). The van der Waals surface area contributed by atoms with E-state index in [0.717, 1.165) is 25.1 Å². The van der Waals surface area contributed by atoms with Crippen LogP contribution in [-0.4, -0.2) is 28.8 Å². The highest BCUT2D eigenvalue weighted by molar-refractivity contribution is 5.52. The molecule has 4 nitrogen and oxygen atoms in total. The number of rotatable bonds is 4. The van der Waals surface area contributed by atoms with Crippen LogP contribution < -0.4 is 0 Å². The summed E-state index contributed by atoms with van der Waals surface area (Å²) in [6, 6.07) is 0.800. The first-order chi connectivity index (χ1) is 7.72. The third-order valence-corrected chi connectivity index (χ3v) is 3.10. The molecule has 0 N–H and O–H groups in total. The number of hydrogen-bond donors (Lipinski definition) is 0. The van der Waals surface area contributed by atoms with Crippen LogP contribution in [0, 0.1) is 0 Å². The maximum absolute atomic E-state index is 10.4. The standard InChI is InChI=1S/C12H18N2O2/c1-9(2)14-6-3-4-11(14)12-13-8-10(16-12)5-7-15/h7-9,11H,3-6H2,1-2H3. The topological polar surface area (TPSA) is 46.3 Å². The minimum atomic E-state index is 0.292. The van der Waals surface area contributed by atoms with Gasteiger partial charge in [0, 0.05) is 6.04 Å². The van der Waals surface area contributed by atoms with Crippen LogP contribution >= 0.6 is 0 Å². The predicted octanol–water partition coefficient (Wildman–Crippen LogP) is 1.96. The van der Waals surface area contributed by atoms with Crippen LogP contribution in [0.15, 0.2) is 10.6 Å². The quantitative estimate of drug-likeness (QED) is 0.731. The second-order valence-corrected chi connectivity index (χ2v) is 4.53. The predicted molar refractivity (Wildman–Crippen MR) is 60.1 cm³/mol. The lowest BCUT2D eigenvalue weighted by atomic mass is 10.2. The van der Waals surface area contributed by atoms with E-state index in [9.17, 15) is 4.79 Å². The van der Waals surface area contributed by atoms with Gasteiger partial charge in [-0.1, -0.05) is 0 Å². The summed E-state index contributed by atoms with van der Waals surface area (Å²) in [7, 11) is 0. The fourth-order valence-electron chi connectivity index (χ4n) is 2.33. The van der Waals surface area contributed by atoms with Gasteiger partial charge in [0.1, 0.15) is 12.0 Å². The van der Waals surface area contributed by atoms with Crippen molar-refractivity contribution in [2.24, 2.45) is 0 Å². The van der Waals surface area contributed by atoms with E-state index in [1.165, 1.54) is 6.42 Å². The molecule has 1 aliphatic heterocycles. The number of hydrogen-bond acceptors (Lipinski definition) is 4. The molecule has 0 spiro atoms. The molecule has 0 aromatic carbocycles. The minimum Gasteiger partial charge on any atom is -0.444 e. The second-order valence-electron chi connectivity index (χ2n) is 4.53. The zero-order chi connectivity index (χ0) is 11.5. The summed E-state index contributed by atoms with van der Waals surface area (Å²) in [6.07, 6.45) is 5.12. The highest BCUT2D eigenvalue weighted by atomic mass is 16.4. The Hall–Kier alpha value is -1.16. The van der Waals surface area contributed by atoms with E-state index in [1.54, 1.807) is 6.20 Å². The van der Waals surface area contributed by atoms with Crippen molar-refractivity contribution >= 4 is 6.29 Å². The minimum absolute atomic E-state index is 0.292. The second kappa shape index (κ2) is 4.78. The normalized spacial score (nSPS) is 21.8. The number of aromatic nitrogens is 1. The molecular formula is C12H18N2O2. The Morgan fingerprint density at radius 2 is 2.50 bits per heavy atom. The maximum Gasteiger partial charge on any atom is 0.211 e. The van der Waals surface area contributed by atoms with Gasteiger partial charge >= 0.3 is 0 Å². The Morgan fingerprint density at radius 1 is 1.69 bits per heavy atom. The lowest BCUT2D eigenvalue weighted by molar-refractivity contribution is -0.107. The average molecular weight is 222 g/mol. The van der Waals surface area contributed by atoms with Crippen molar-refractivity contribution in [2.75, 3.05) is 6.54 Å². The van der Waals surface area contributed by atoms with Crippen LogP contribution in [0.1, 0.15) is 44.4 Å². The maximum atomic E-state index is 10.4. The van der Waals surface area contributed by atoms with Crippen LogP contribution in [0.2, 0.25) is 0 Å². The molecule has 1 aliphatic rings. The van der Waals surface area contributed by atoms with Gasteiger partial charge in [-0.2, -0.15) is 0 Å². The Bertz CT molecular complexity index is 360. The summed E-state index contributed by atoms with van der Waals surface area (Å²) in [5.41, 5.74) is 0. The van der Waals surface area contributed by atoms with E-state index in [-0.39, 0.29) is 0 Å². The molecule has 0 radical (unpaired) electrons. The first-order valence-electron chi connectivity index (χ1n) is 5.86. The highest BCUT2D eigenvalue weighted by Crippen LogP contribution is 2.32. The first kappa shape index (κ1) is 11.3. The molecule has 0 saturated carbocycles. The SMILES string of the molecule is CC(C)N1CCCC1c1ncc(CC=O)o1. The Balaban J connectivity index is 2.12. The van der Waals surface area contributed by atoms with Crippen molar-refractivity contribution in [3.8, 4) is 0 Å². The summed E-state index contributed by atoms with van der Waals surface area (Å²) in [5, 5.41) is 0. The number of carbonyl (C=O) groups is 1. The summed E-state index contributed by atoms with van der Waals surface area (Å²) in [5.74, 6) is 1.43. The van der Waals surface area contributed by atoms with Crippen molar-refractivity contribution in [3.05, 3.63) is 17.8 Å². The molecule has 1 saturated heterocycles. The van der Waals surface area contributed by atoms with Crippen molar-refractivity contribution in [1.82, 2.24) is 9.88 Å². The molecule has 4 heteroatoms. The Morgan fingerprint density at radius 3 is 3.19 bits per heavy atom. The van der Waals surface area contributed by atoms with Crippen molar-refractivity contribution in [2.45, 2.75) is 45.2 Å². The van der Waals surface area contributed by atoms with Crippen LogP contribution in [-0.2, 0) is 11.2 Å². The van der Waals surface area contributed by atoms with Gasteiger partial charge in [-0.3, -0.25) is 4.90 Å². The van der Waals surface area contributed by atoms with E-state index in [4.69, 9.17) is 4.42 Å². The molecule has 1 atom stereocenters. The Kier molecular flexibility index (Phi) is 3.39. The zero-order valence-corrected chi connectivity index (χ0v) is 9.85. The lowest BCUT2D eigenvalue weighted by Gasteiger charge is -2.25. The molecule has 1 aromatic rings. The fourth-order valence-corrected chi connectivity index (χ4v) is 2.33. The Labute approximate surface area is 95.6 Å². The van der Waals surface area contributed by atoms with E-state index in [0.29, 0.717) is 24.3 Å². The van der Waals surface area contributed by atoms with E-state index in [1.807, 2.05) is 0 Å². The van der Waals surface area contributed by atoms with Gasteiger partial charge in [0.25, 0.3) is 0 Å². The fraction of sp³-hybridized carbons (Fsp3) is 0.667. The van der Waals surface area contributed by atoms with Crippen LogP contribution in [0.5, 0.6) is 0 Å². The van der Waals surface area contributed by atoms with Crippen LogP contribution in [0.25, 0.3) is 0 Å². The largest absolute Gasteiger partial charge is 0.444 e. The molecule has 0 bridgehead atoms. The molecule has 1 aromatic heterocycles. The third kappa shape index (κ3) is 2.16. The first-order valence-corrected chi connectivity index (χ1v) is 5.86. The van der Waals surface area contributed by atoms with Gasteiger partial charge < -0.3 is 9.21 Å². The summed E-state index contributed by atoms with van der Waals surface area (Å²) >= 11 is 0. The van der Waals surface area contributed by atoms with Gasteiger partial charge in [-0.05, 0) is 33.2 Å². The van der Waals surface area contributed by atoms with Gasteiger partial charge in [-0.15, -0.1) is 0 Å². The van der Waals surface area contributed by atoms with E-state index in [2.05, 4.69) is 23.7 Å². The van der Waals surface area contributed by atoms with Crippen molar-refractivity contribution in [3.63, 3.8) is 0 Å². The van der Waals surface area contributed by atoms with Gasteiger partial charge in [0.15, 0.2) is 0 Å². The lowest BCUT2D eigenvalue weighted by Crippen LogP contribution is -2.30. The molecular weight excluding hydrogens is 204 g/mol. The molecule has 16 heavy (non-hydrogen) atoms. The summed E-state index contributed by atoms with van der Waals surface area (Å²) < 4.78 is 5.60. The molecule has 88 valence electrons. The third-order valence-electron chi connectivity index (χ3n) is 3.10. The van der Waals surface area contributed by atoms with Gasteiger partial charge in [-0.25, -0.2) is 4.98 Å². The van der Waals surface area contributed by atoms with Gasteiger partial charge in [0.2, 0.25) is 5.89 Å². The number of carbonyl (C=O) groups excluding carboxylic acids is 1. The zero-order valence-electron chi connectivity index (χ0n) is 9.85. The summed E-state index contributed by atoms with van der Waals surface area (Å²) in [4.78, 5) is 17.1. The highest BCUT2D eigenvalue weighted by Gasteiger charge is 2.31. The van der Waals surface area contributed by atoms with E-state index >= 15 is 0 Å². The van der Waals surface area contributed by atoms with Gasteiger partial charge in [0.05, 0.1) is 18.7 Å². The average Bonchev–Trinajstić information content (AvgIpc) is 2.83. The molecule has 0 amide bonds. The molecule has 1 fully saturated rings. The number of aldehydes is 1.